The Balaban J connectivity index is 1.73. The van der Waals surface area contributed by atoms with E-state index in [1.807, 2.05) is 20.8 Å². The molecule has 1 amide bonds. The molecule has 1 saturated carbocycles. The van der Waals surface area contributed by atoms with Crippen molar-refractivity contribution in [1.82, 2.24) is 4.90 Å². The lowest BCUT2D eigenvalue weighted by Crippen LogP contribution is -2.57. The first-order valence-electron chi connectivity index (χ1n) is 6.10. The van der Waals surface area contributed by atoms with Crippen molar-refractivity contribution >= 4 is 6.09 Å². The molecule has 2 aliphatic rings. The molecule has 1 aliphatic carbocycles. The average Bonchev–Trinajstić information content (AvgIpc) is 2.77. The molecule has 2 N–H and O–H groups in total. The predicted molar refractivity (Wildman–Crippen MR) is 62.0 cm³/mol. The number of nitrogens with zero attached hydrogens (tertiary/aromatic N) is 1. The highest BCUT2D eigenvalue weighted by molar-refractivity contribution is 5.69. The Morgan fingerprint density at radius 2 is 1.88 bits per heavy atom. The third-order valence-corrected chi connectivity index (χ3v) is 3.27. The molecular formula is C12H22N2O2. The van der Waals surface area contributed by atoms with Crippen LogP contribution in [0.4, 0.5) is 4.79 Å². The van der Waals surface area contributed by atoms with E-state index in [0.717, 1.165) is 13.1 Å². The lowest BCUT2D eigenvalue weighted by Gasteiger charge is -2.42. The summed E-state index contributed by atoms with van der Waals surface area (Å²) in [5, 5.41) is 0. The molecule has 92 valence electrons. The lowest BCUT2D eigenvalue weighted by atomic mass is 9.89. The molecule has 1 aliphatic heterocycles. The van der Waals surface area contributed by atoms with E-state index in [1.165, 1.54) is 12.8 Å². The Morgan fingerprint density at radius 1 is 1.31 bits per heavy atom. The Bertz CT molecular complexity index is 275. The fourth-order valence-corrected chi connectivity index (χ4v) is 2.10. The van der Waals surface area contributed by atoms with Crippen LogP contribution < -0.4 is 5.73 Å². The van der Waals surface area contributed by atoms with Crippen LogP contribution in [0.15, 0.2) is 0 Å². The first kappa shape index (κ1) is 11.7. The van der Waals surface area contributed by atoms with E-state index >= 15 is 0 Å². The topological polar surface area (TPSA) is 55.6 Å². The maximum Gasteiger partial charge on any atom is 0.410 e. The average molecular weight is 226 g/mol. The summed E-state index contributed by atoms with van der Waals surface area (Å²) < 4.78 is 5.29. The van der Waals surface area contributed by atoms with Crippen LogP contribution in [0.1, 0.15) is 33.6 Å². The van der Waals surface area contributed by atoms with Gasteiger partial charge in [0.2, 0.25) is 0 Å². The number of amides is 1. The van der Waals surface area contributed by atoms with Crippen LogP contribution in [0, 0.1) is 11.8 Å². The summed E-state index contributed by atoms with van der Waals surface area (Å²) in [5.41, 5.74) is 5.69. The number of rotatable bonds is 2. The summed E-state index contributed by atoms with van der Waals surface area (Å²) >= 11 is 0. The molecule has 0 spiro atoms. The molecule has 4 heteroatoms. The number of ether oxygens (including phenoxy) is 1. The minimum absolute atomic E-state index is 0.202. The normalized spacial score (nSPS) is 23.9. The van der Waals surface area contributed by atoms with Crippen LogP contribution >= 0.6 is 0 Å². The van der Waals surface area contributed by atoms with E-state index in [2.05, 4.69) is 0 Å². The highest BCUT2D eigenvalue weighted by Gasteiger charge is 2.42. The van der Waals surface area contributed by atoms with Gasteiger partial charge in [-0.1, -0.05) is 0 Å². The minimum Gasteiger partial charge on any atom is -0.444 e. The second-order valence-corrected chi connectivity index (χ2v) is 6.06. The van der Waals surface area contributed by atoms with Gasteiger partial charge in [0, 0.05) is 25.0 Å². The van der Waals surface area contributed by atoms with Gasteiger partial charge >= 0.3 is 6.09 Å². The molecule has 2 fully saturated rings. The maximum absolute atomic E-state index is 11.7. The molecule has 1 heterocycles. The zero-order chi connectivity index (χ0) is 11.9. The van der Waals surface area contributed by atoms with E-state index in [-0.39, 0.29) is 6.09 Å². The highest BCUT2D eigenvalue weighted by Crippen LogP contribution is 2.37. The highest BCUT2D eigenvalue weighted by atomic mass is 16.6. The number of carbonyl (C=O) groups excluding carboxylic acids is 1. The third-order valence-electron chi connectivity index (χ3n) is 3.27. The quantitative estimate of drug-likeness (QED) is 0.778. The van der Waals surface area contributed by atoms with E-state index in [0.29, 0.717) is 17.9 Å². The van der Waals surface area contributed by atoms with Crippen molar-refractivity contribution in [3.05, 3.63) is 0 Å². The Labute approximate surface area is 97.1 Å². The molecule has 0 aromatic heterocycles. The van der Waals surface area contributed by atoms with Gasteiger partial charge in [-0.25, -0.2) is 4.79 Å². The first-order chi connectivity index (χ1) is 7.37. The van der Waals surface area contributed by atoms with E-state index in [9.17, 15) is 4.79 Å². The number of carbonyl (C=O) groups is 1. The lowest BCUT2D eigenvalue weighted by molar-refractivity contribution is -0.00574. The second kappa shape index (κ2) is 3.91. The molecule has 4 nitrogen and oxygen atoms in total. The van der Waals surface area contributed by atoms with Crippen LogP contribution in [-0.2, 0) is 4.74 Å². The summed E-state index contributed by atoms with van der Waals surface area (Å²) in [6.07, 6.45) is 2.33. The van der Waals surface area contributed by atoms with Crippen molar-refractivity contribution in [2.24, 2.45) is 17.6 Å². The van der Waals surface area contributed by atoms with Crippen molar-refractivity contribution in [3.8, 4) is 0 Å². The second-order valence-electron chi connectivity index (χ2n) is 6.06. The summed E-state index contributed by atoms with van der Waals surface area (Å²) in [5.74, 6) is 1.20. The van der Waals surface area contributed by atoms with E-state index in [1.54, 1.807) is 4.90 Å². The monoisotopic (exact) mass is 226 g/mol. The number of hydrogen-bond acceptors (Lipinski definition) is 3. The molecule has 0 radical (unpaired) electrons. The van der Waals surface area contributed by atoms with Gasteiger partial charge in [0.1, 0.15) is 5.60 Å². The van der Waals surface area contributed by atoms with Crippen LogP contribution in [0.25, 0.3) is 0 Å². The molecular weight excluding hydrogens is 204 g/mol. The van der Waals surface area contributed by atoms with Gasteiger partial charge in [0.05, 0.1) is 0 Å². The Morgan fingerprint density at radius 3 is 2.31 bits per heavy atom. The molecule has 16 heavy (non-hydrogen) atoms. The van der Waals surface area contributed by atoms with Gasteiger partial charge in [-0.15, -0.1) is 0 Å². The van der Waals surface area contributed by atoms with Crippen LogP contribution in [0.5, 0.6) is 0 Å². The van der Waals surface area contributed by atoms with Crippen molar-refractivity contribution < 1.29 is 9.53 Å². The Kier molecular flexibility index (Phi) is 2.86. The largest absolute Gasteiger partial charge is 0.444 e. The molecule has 0 aromatic carbocycles. The fraction of sp³-hybridized carbons (Fsp3) is 0.917. The van der Waals surface area contributed by atoms with Gasteiger partial charge in [0.25, 0.3) is 0 Å². The van der Waals surface area contributed by atoms with Gasteiger partial charge < -0.3 is 15.4 Å². The number of likely N-dealkylation sites (tertiary alicyclic amines) is 1. The number of nitrogens with two attached hydrogens (primary N) is 1. The molecule has 2 rings (SSSR count). The smallest absolute Gasteiger partial charge is 0.410 e. The summed E-state index contributed by atoms with van der Waals surface area (Å²) in [4.78, 5) is 13.4. The van der Waals surface area contributed by atoms with Crippen LogP contribution in [0.3, 0.4) is 0 Å². The van der Waals surface area contributed by atoms with Crippen molar-refractivity contribution in [2.75, 3.05) is 13.1 Å². The van der Waals surface area contributed by atoms with Gasteiger partial charge in [0.15, 0.2) is 0 Å². The van der Waals surface area contributed by atoms with Crippen molar-refractivity contribution in [2.45, 2.75) is 45.3 Å². The molecule has 1 saturated heterocycles. The predicted octanol–water partition coefficient (Wildman–Crippen LogP) is 1.59. The fourth-order valence-electron chi connectivity index (χ4n) is 2.10. The minimum atomic E-state index is -0.402. The summed E-state index contributed by atoms with van der Waals surface area (Å²) in [6.45, 7) is 7.20. The SMILES string of the molecule is CC(C)(C)OC(=O)N1CC([C@@H](N)C2CC2)C1. The number of hydrogen-bond donors (Lipinski definition) is 1. The first-order valence-corrected chi connectivity index (χ1v) is 6.10. The van der Waals surface area contributed by atoms with Crippen molar-refractivity contribution in [3.63, 3.8) is 0 Å². The standard InChI is InChI=1S/C12H22N2O2/c1-12(2,3)16-11(15)14-6-9(7-14)10(13)8-4-5-8/h8-10H,4-7,13H2,1-3H3/t10-/m0/s1. The zero-order valence-electron chi connectivity index (χ0n) is 10.4. The summed E-state index contributed by atoms with van der Waals surface area (Å²) in [6, 6.07) is 0.290. The van der Waals surface area contributed by atoms with Crippen molar-refractivity contribution in [1.29, 1.82) is 0 Å². The maximum atomic E-state index is 11.7. The summed E-state index contributed by atoms with van der Waals surface area (Å²) in [7, 11) is 0. The molecule has 0 aromatic rings. The zero-order valence-corrected chi connectivity index (χ0v) is 10.4. The Hall–Kier alpha value is -0.770. The van der Waals surface area contributed by atoms with Crippen LogP contribution in [-0.4, -0.2) is 35.7 Å². The van der Waals surface area contributed by atoms with E-state index in [4.69, 9.17) is 10.5 Å². The van der Waals surface area contributed by atoms with Gasteiger partial charge in [-0.2, -0.15) is 0 Å². The van der Waals surface area contributed by atoms with Gasteiger partial charge in [-0.3, -0.25) is 0 Å². The van der Waals surface area contributed by atoms with Gasteiger partial charge in [-0.05, 0) is 39.5 Å². The third kappa shape index (κ3) is 2.67. The molecule has 0 bridgehead atoms. The molecule has 0 unspecified atom stereocenters. The van der Waals surface area contributed by atoms with Crippen LogP contribution in [0.2, 0.25) is 0 Å². The van der Waals surface area contributed by atoms with E-state index < -0.39 is 5.60 Å². The molecule has 1 atom stereocenters.